The molecule has 11 heteroatoms. The van der Waals surface area contributed by atoms with Gasteiger partial charge in [0.15, 0.2) is 0 Å². The van der Waals surface area contributed by atoms with E-state index in [0.29, 0.717) is 19.6 Å². The molecule has 1 saturated heterocycles. The zero-order chi connectivity index (χ0) is 20.2. The Morgan fingerprint density at radius 2 is 1.74 bits per heavy atom. The molecule has 0 spiro atoms. The highest BCUT2D eigenvalue weighted by Gasteiger charge is 2.33. The third-order valence-electron chi connectivity index (χ3n) is 4.25. The van der Waals surface area contributed by atoms with Crippen molar-refractivity contribution < 1.29 is 31.1 Å². The molecule has 1 amide bonds. The minimum absolute atomic E-state index is 0.109. The van der Waals surface area contributed by atoms with Crippen molar-refractivity contribution in [2.45, 2.75) is 31.1 Å². The molecular weight excluding hydrogens is 387 g/mol. The second kappa shape index (κ2) is 8.44. The third-order valence-corrected chi connectivity index (χ3v) is 6.16. The summed E-state index contributed by atoms with van der Waals surface area (Å²) in [4.78, 5) is 13.7. The maximum atomic E-state index is 12.7. The van der Waals surface area contributed by atoms with Crippen molar-refractivity contribution in [1.29, 1.82) is 0 Å². The Bertz CT molecular complexity index is 745. The Balaban J connectivity index is 2.01. The van der Waals surface area contributed by atoms with Gasteiger partial charge < -0.3 is 10.1 Å². The number of hydrogen-bond acceptors (Lipinski definition) is 5. The fraction of sp³-hybridized carbons (Fsp3) is 0.562. The predicted molar refractivity (Wildman–Crippen MR) is 91.6 cm³/mol. The summed E-state index contributed by atoms with van der Waals surface area (Å²) >= 11 is 0. The van der Waals surface area contributed by atoms with Gasteiger partial charge in [0, 0.05) is 32.7 Å². The topological polar surface area (TPSA) is 79.0 Å². The molecule has 0 saturated carbocycles. The van der Waals surface area contributed by atoms with Crippen molar-refractivity contribution in [1.82, 2.24) is 14.5 Å². The maximum absolute atomic E-state index is 12.7. The number of ether oxygens (including phenoxy) is 1. The number of carbonyl (C=O) groups is 1. The largest absolute Gasteiger partial charge is 0.573 e. The van der Waals surface area contributed by atoms with Crippen molar-refractivity contribution in [3.63, 3.8) is 0 Å². The average Bonchev–Trinajstić information content (AvgIpc) is 2.60. The molecule has 1 N–H and O–H groups in total. The van der Waals surface area contributed by atoms with E-state index in [4.69, 9.17) is 0 Å². The minimum Gasteiger partial charge on any atom is -0.406 e. The van der Waals surface area contributed by atoms with Crippen molar-refractivity contribution in [3.05, 3.63) is 24.3 Å². The second-order valence-corrected chi connectivity index (χ2v) is 7.97. The number of benzene rings is 1. The molecule has 0 aliphatic carbocycles. The summed E-state index contributed by atoms with van der Waals surface area (Å²) < 4.78 is 66.9. The molecule has 2 rings (SSSR count). The lowest BCUT2D eigenvalue weighted by Crippen LogP contribution is -2.54. The number of hydrogen-bond donors (Lipinski definition) is 1. The Morgan fingerprint density at radius 1 is 1.19 bits per heavy atom. The quantitative estimate of drug-likeness (QED) is 0.769. The number of carbonyl (C=O) groups excluding carboxylic acids is 1. The van der Waals surface area contributed by atoms with Gasteiger partial charge >= 0.3 is 6.36 Å². The Labute approximate surface area is 156 Å². The highest BCUT2D eigenvalue weighted by atomic mass is 32.2. The number of amides is 1. The predicted octanol–water partition coefficient (Wildman–Crippen LogP) is 1.42. The van der Waals surface area contributed by atoms with Gasteiger partial charge in [-0.2, -0.15) is 4.31 Å². The molecular formula is C16H22F3N3O4S. The van der Waals surface area contributed by atoms with Gasteiger partial charge in [0.1, 0.15) is 5.75 Å². The Morgan fingerprint density at radius 3 is 2.22 bits per heavy atom. The molecule has 0 unspecified atom stereocenters. The number of likely N-dealkylation sites (N-methyl/N-ethyl adjacent to an activating group) is 1. The average molecular weight is 409 g/mol. The van der Waals surface area contributed by atoms with E-state index in [1.807, 2.05) is 11.8 Å². The Kier molecular flexibility index (Phi) is 6.71. The number of piperazine rings is 1. The van der Waals surface area contributed by atoms with Crippen molar-refractivity contribution in [2.24, 2.45) is 0 Å². The summed E-state index contributed by atoms with van der Waals surface area (Å²) in [6.45, 7) is 5.24. The summed E-state index contributed by atoms with van der Waals surface area (Å²) in [5, 5.41) is 2.73. The van der Waals surface area contributed by atoms with E-state index in [1.165, 1.54) is 4.31 Å². The lowest BCUT2D eigenvalue weighted by molar-refractivity contribution is -0.274. The van der Waals surface area contributed by atoms with Gasteiger partial charge in [-0.15, -0.1) is 13.2 Å². The van der Waals surface area contributed by atoms with Crippen LogP contribution in [0.3, 0.4) is 0 Å². The molecule has 1 aromatic rings. The van der Waals surface area contributed by atoms with E-state index in [1.54, 1.807) is 6.92 Å². The molecule has 1 atom stereocenters. The molecule has 0 bridgehead atoms. The molecule has 0 aromatic heterocycles. The molecule has 1 fully saturated rings. The SMILES string of the molecule is CCNC(=O)[C@H](C)N1CCN(S(=O)(=O)c2ccc(OC(F)(F)F)cc2)CC1. The normalized spacial score (nSPS) is 18.1. The first-order valence-electron chi connectivity index (χ1n) is 8.42. The van der Waals surface area contributed by atoms with Crippen LogP contribution in [0.15, 0.2) is 29.2 Å². The first-order valence-corrected chi connectivity index (χ1v) is 9.86. The van der Waals surface area contributed by atoms with Crippen LogP contribution in [0.1, 0.15) is 13.8 Å². The molecule has 1 heterocycles. The molecule has 27 heavy (non-hydrogen) atoms. The molecule has 1 aliphatic rings. The summed E-state index contributed by atoms with van der Waals surface area (Å²) in [5.74, 6) is -0.601. The van der Waals surface area contributed by atoms with E-state index in [9.17, 15) is 26.4 Å². The standard InChI is InChI=1S/C16H22F3N3O4S/c1-3-20-15(23)12(2)21-8-10-22(11-9-21)27(24,25)14-6-4-13(5-7-14)26-16(17,18)19/h4-7,12H,3,8-11H2,1-2H3,(H,20,23)/t12-/m0/s1. The first-order chi connectivity index (χ1) is 12.5. The lowest BCUT2D eigenvalue weighted by Gasteiger charge is -2.36. The van der Waals surface area contributed by atoms with Crippen LogP contribution in [-0.4, -0.2) is 68.7 Å². The molecule has 0 radical (unpaired) electrons. The minimum atomic E-state index is -4.84. The molecule has 7 nitrogen and oxygen atoms in total. The summed E-state index contributed by atoms with van der Waals surface area (Å²) in [5.41, 5.74) is 0. The van der Waals surface area contributed by atoms with E-state index < -0.39 is 22.1 Å². The van der Waals surface area contributed by atoms with Crippen molar-refractivity contribution in [2.75, 3.05) is 32.7 Å². The van der Waals surface area contributed by atoms with Crippen LogP contribution < -0.4 is 10.1 Å². The van der Waals surface area contributed by atoms with Crippen LogP contribution in [0.4, 0.5) is 13.2 Å². The van der Waals surface area contributed by atoms with Crippen LogP contribution in [0.5, 0.6) is 5.75 Å². The van der Waals surface area contributed by atoms with Gasteiger partial charge in [-0.3, -0.25) is 9.69 Å². The van der Waals surface area contributed by atoms with E-state index in [2.05, 4.69) is 10.1 Å². The molecule has 1 aliphatic heterocycles. The number of alkyl halides is 3. The highest BCUT2D eigenvalue weighted by Crippen LogP contribution is 2.25. The van der Waals surface area contributed by atoms with Crippen molar-refractivity contribution in [3.8, 4) is 5.75 Å². The molecule has 1 aromatic carbocycles. The number of rotatable bonds is 6. The van der Waals surface area contributed by atoms with Gasteiger partial charge in [-0.1, -0.05) is 0 Å². The van der Waals surface area contributed by atoms with Crippen LogP contribution >= 0.6 is 0 Å². The van der Waals surface area contributed by atoms with E-state index in [-0.39, 0.29) is 29.9 Å². The third kappa shape index (κ3) is 5.56. The van der Waals surface area contributed by atoms with Crippen LogP contribution in [0, 0.1) is 0 Å². The van der Waals surface area contributed by atoms with Crippen LogP contribution in [0.25, 0.3) is 0 Å². The van der Waals surface area contributed by atoms with E-state index >= 15 is 0 Å². The van der Waals surface area contributed by atoms with Gasteiger partial charge in [0.25, 0.3) is 0 Å². The highest BCUT2D eigenvalue weighted by molar-refractivity contribution is 7.89. The lowest BCUT2D eigenvalue weighted by atomic mass is 10.2. The summed E-state index contributed by atoms with van der Waals surface area (Å²) in [7, 11) is -3.83. The monoisotopic (exact) mass is 409 g/mol. The fourth-order valence-electron chi connectivity index (χ4n) is 2.78. The zero-order valence-electron chi connectivity index (χ0n) is 15.0. The zero-order valence-corrected chi connectivity index (χ0v) is 15.8. The van der Waals surface area contributed by atoms with Crippen LogP contribution in [-0.2, 0) is 14.8 Å². The van der Waals surface area contributed by atoms with Gasteiger partial charge in [0.2, 0.25) is 15.9 Å². The smallest absolute Gasteiger partial charge is 0.406 e. The molecule has 152 valence electrons. The summed E-state index contributed by atoms with van der Waals surface area (Å²) in [6, 6.07) is 3.73. The van der Waals surface area contributed by atoms with Crippen molar-refractivity contribution >= 4 is 15.9 Å². The van der Waals surface area contributed by atoms with Gasteiger partial charge in [-0.25, -0.2) is 8.42 Å². The number of nitrogens with zero attached hydrogens (tertiary/aromatic N) is 2. The van der Waals surface area contributed by atoms with E-state index in [0.717, 1.165) is 24.3 Å². The number of nitrogens with one attached hydrogen (secondary N) is 1. The maximum Gasteiger partial charge on any atom is 0.573 e. The first kappa shape index (κ1) is 21.5. The Hall–Kier alpha value is -1.85. The summed E-state index contributed by atoms with van der Waals surface area (Å²) in [6.07, 6.45) is -4.84. The number of halogens is 3. The fourth-order valence-corrected chi connectivity index (χ4v) is 4.20. The second-order valence-electron chi connectivity index (χ2n) is 6.03. The number of sulfonamides is 1. The van der Waals surface area contributed by atoms with Crippen LogP contribution in [0.2, 0.25) is 0 Å². The van der Waals surface area contributed by atoms with Gasteiger partial charge in [0.05, 0.1) is 10.9 Å². The van der Waals surface area contributed by atoms with Gasteiger partial charge in [-0.05, 0) is 38.1 Å².